The van der Waals surface area contributed by atoms with Gasteiger partial charge in [-0.05, 0) is 43.5 Å². The molecule has 9 heteroatoms. The van der Waals surface area contributed by atoms with Crippen molar-refractivity contribution in [3.63, 3.8) is 0 Å². The Bertz CT molecular complexity index is 965. The van der Waals surface area contributed by atoms with Gasteiger partial charge in [-0.15, -0.1) is 0 Å². The Kier molecular flexibility index (Phi) is 7.17. The van der Waals surface area contributed by atoms with Crippen LogP contribution in [0.1, 0.15) is 25.7 Å². The Hall–Kier alpha value is -2.78. The Morgan fingerprint density at radius 1 is 1.03 bits per heavy atom. The summed E-state index contributed by atoms with van der Waals surface area (Å²) in [5.41, 5.74) is 0.640. The molecule has 8 nitrogen and oxygen atoms in total. The molecule has 0 bridgehead atoms. The zero-order valence-electron chi connectivity index (χ0n) is 17.0. The van der Waals surface area contributed by atoms with E-state index in [-0.39, 0.29) is 22.8 Å². The second-order valence-corrected chi connectivity index (χ2v) is 8.70. The van der Waals surface area contributed by atoms with Crippen molar-refractivity contribution < 1.29 is 27.4 Å². The summed E-state index contributed by atoms with van der Waals surface area (Å²) in [6.45, 7) is 0. The second kappa shape index (κ2) is 9.82. The van der Waals surface area contributed by atoms with Gasteiger partial charge in [-0.3, -0.25) is 5.32 Å². The number of ether oxygens (including phenoxy) is 3. The van der Waals surface area contributed by atoms with E-state index in [0.29, 0.717) is 30.7 Å². The molecule has 0 aromatic heterocycles. The van der Waals surface area contributed by atoms with Crippen LogP contribution in [0.4, 0.5) is 10.5 Å². The van der Waals surface area contributed by atoms with Gasteiger partial charge in [0.2, 0.25) is 10.0 Å². The molecule has 0 spiro atoms. The highest BCUT2D eigenvalue weighted by Gasteiger charge is 2.30. The molecule has 0 saturated heterocycles. The molecule has 3 rings (SSSR count). The number of benzene rings is 2. The number of hydrogen-bond acceptors (Lipinski definition) is 6. The number of carbonyl (C=O) groups excluding carboxylic acids is 1. The molecule has 2 aromatic carbocycles. The minimum atomic E-state index is -3.85. The number of nitrogens with one attached hydrogen (secondary N) is 2. The smallest absolute Gasteiger partial charge is 0.411 e. The van der Waals surface area contributed by atoms with Crippen LogP contribution < -0.4 is 19.5 Å². The molecule has 1 aliphatic rings. The fourth-order valence-corrected chi connectivity index (χ4v) is 4.92. The van der Waals surface area contributed by atoms with Gasteiger partial charge in [-0.25, -0.2) is 17.9 Å². The first kappa shape index (κ1) is 21.9. The van der Waals surface area contributed by atoms with Gasteiger partial charge in [0.05, 0.1) is 14.2 Å². The Balaban J connectivity index is 1.63. The quantitative estimate of drug-likeness (QED) is 0.691. The molecular weight excluding hydrogens is 408 g/mol. The fourth-order valence-electron chi connectivity index (χ4n) is 3.46. The highest BCUT2D eigenvalue weighted by Crippen LogP contribution is 2.30. The van der Waals surface area contributed by atoms with E-state index in [0.717, 1.165) is 6.42 Å². The van der Waals surface area contributed by atoms with Crippen LogP contribution in [0, 0.1) is 0 Å². The van der Waals surface area contributed by atoms with Crippen molar-refractivity contribution >= 4 is 21.8 Å². The predicted octanol–water partition coefficient (Wildman–Crippen LogP) is 3.54. The van der Waals surface area contributed by atoms with Crippen LogP contribution in [0.5, 0.6) is 11.5 Å². The number of rotatable bonds is 7. The summed E-state index contributed by atoms with van der Waals surface area (Å²) in [5, 5.41) is 2.68. The summed E-state index contributed by atoms with van der Waals surface area (Å²) >= 11 is 0. The third-order valence-corrected chi connectivity index (χ3v) is 6.44. The fraction of sp³-hybridized carbons (Fsp3) is 0.381. The summed E-state index contributed by atoms with van der Waals surface area (Å²) in [6.07, 6.45) is 1.56. The number of anilines is 1. The van der Waals surface area contributed by atoms with Gasteiger partial charge >= 0.3 is 6.09 Å². The van der Waals surface area contributed by atoms with Gasteiger partial charge in [0.1, 0.15) is 22.5 Å². The molecule has 0 unspecified atom stereocenters. The zero-order valence-corrected chi connectivity index (χ0v) is 17.8. The van der Waals surface area contributed by atoms with Crippen molar-refractivity contribution in [2.75, 3.05) is 19.5 Å². The van der Waals surface area contributed by atoms with Crippen LogP contribution >= 0.6 is 0 Å². The van der Waals surface area contributed by atoms with E-state index in [2.05, 4.69) is 10.0 Å². The van der Waals surface area contributed by atoms with Crippen molar-refractivity contribution in [2.45, 2.75) is 42.7 Å². The Morgan fingerprint density at radius 2 is 1.80 bits per heavy atom. The van der Waals surface area contributed by atoms with Crippen LogP contribution in [0.25, 0.3) is 0 Å². The maximum Gasteiger partial charge on any atom is 0.411 e. The lowest BCUT2D eigenvalue weighted by molar-refractivity contribution is 0.0793. The van der Waals surface area contributed by atoms with Crippen LogP contribution in [0.3, 0.4) is 0 Å². The van der Waals surface area contributed by atoms with Crippen molar-refractivity contribution in [1.82, 2.24) is 4.72 Å². The van der Waals surface area contributed by atoms with Crippen LogP contribution in [-0.2, 0) is 14.8 Å². The van der Waals surface area contributed by atoms with Gasteiger partial charge < -0.3 is 14.2 Å². The number of amides is 1. The molecule has 2 atom stereocenters. The molecule has 2 aromatic rings. The Morgan fingerprint density at radius 3 is 2.50 bits per heavy atom. The van der Waals surface area contributed by atoms with Crippen molar-refractivity contribution in [3.8, 4) is 11.5 Å². The zero-order chi connectivity index (χ0) is 21.6. The first-order valence-electron chi connectivity index (χ1n) is 9.68. The maximum atomic E-state index is 13.0. The van der Waals surface area contributed by atoms with Crippen molar-refractivity contribution in [1.29, 1.82) is 0 Å². The Labute approximate surface area is 176 Å². The number of sulfonamides is 1. The molecule has 162 valence electrons. The predicted molar refractivity (Wildman–Crippen MR) is 112 cm³/mol. The molecule has 30 heavy (non-hydrogen) atoms. The van der Waals surface area contributed by atoms with Crippen molar-refractivity contribution in [3.05, 3.63) is 48.5 Å². The number of para-hydroxylation sites is 1. The molecule has 1 saturated carbocycles. The third-order valence-electron chi connectivity index (χ3n) is 4.90. The molecular formula is C21H26N2O6S. The highest BCUT2D eigenvalue weighted by molar-refractivity contribution is 7.89. The van der Waals surface area contributed by atoms with Gasteiger partial charge in [0.25, 0.3) is 0 Å². The minimum Gasteiger partial charge on any atom is -0.497 e. The van der Waals surface area contributed by atoms with E-state index in [1.54, 1.807) is 24.3 Å². The third kappa shape index (κ3) is 5.64. The molecule has 2 N–H and O–H groups in total. The van der Waals surface area contributed by atoms with Crippen LogP contribution in [0.15, 0.2) is 53.4 Å². The minimum absolute atomic E-state index is 0.00853. The monoisotopic (exact) mass is 434 g/mol. The lowest BCUT2D eigenvalue weighted by atomic mass is 9.94. The normalized spacial score (nSPS) is 19.0. The number of methoxy groups -OCH3 is 2. The van der Waals surface area contributed by atoms with E-state index >= 15 is 0 Å². The summed E-state index contributed by atoms with van der Waals surface area (Å²) in [7, 11) is -0.966. The van der Waals surface area contributed by atoms with Crippen LogP contribution in [-0.4, -0.2) is 40.9 Å². The van der Waals surface area contributed by atoms with E-state index in [1.165, 1.54) is 20.3 Å². The average molecular weight is 435 g/mol. The summed E-state index contributed by atoms with van der Waals surface area (Å²) < 4.78 is 44.5. The van der Waals surface area contributed by atoms with E-state index in [4.69, 9.17) is 14.2 Å². The summed E-state index contributed by atoms with van der Waals surface area (Å²) in [5.74, 6) is 0.646. The van der Waals surface area contributed by atoms with Gasteiger partial charge in [0.15, 0.2) is 0 Å². The molecule has 1 amide bonds. The SMILES string of the molecule is COc1ccc(OC)c(S(=O)(=O)N[C@@H]2CCC[C@@H](OC(=O)Nc3ccccc3)C2)c1. The van der Waals surface area contributed by atoms with E-state index in [1.807, 2.05) is 18.2 Å². The van der Waals surface area contributed by atoms with Gasteiger partial charge in [0, 0.05) is 24.2 Å². The first-order valence-corrected chi connectivity index (χ1v) is 11.2. The standard InChI is InChI=1S/C21H26N2O6S/c1-27-17-11-12-19(28-2)20(14-17)30(25,26)23-16-9-6-10-18(13-16)29-21(24)22-15-7-4-3-5-8-15/h3-5,7-8,11-12,14,16,18,23H,6,9-10,13H2,1-2H3,(H,22,24)/t16-,18-/m1/s1. The largest absolute Gasteiger partial charge is 0.497 e. The lowest BCUT2D eigenvalue weighted by Crippen LogP contribution is -2.41. The average Bonchev–Trinajstić information content (AvgIpc) is 2.73. The topological polar surface area (TPSA) is 103 Å². The number of carbonyl (C=O) groups is 1. The molecule has 0 radical (unpaired) electrons. The van der Waals surface area contributed by atoms with Crippen molar-refractivity contribution in [2.24, 2.45) is 0 Å². The summed E-state index contributed by atoms with van der Waals surface area (Å²) in [4.78, 5) is 12.2. The van der Waals surface area contributed by atoms with Gasteiger partial charge in [-0.2, -0.15) is 0 Å². The maximum absolute atomic E-state index is 13.0. The number of hydrogen-bond donors (Lipinski definition) is 2. The second-order valence-electron chi connectivity index (χ2n) is 7.02. The summed E-state index contributed by atoms with van der Waals surface area (Å²) in [6, 6.07) is 13.3. The molecule has 1 aliphatic carbocycles. The van der Waals surface area contributed by atoms with E-state index < -0.39 is 16.1 Å². The first-order chi connectivity index (χ1) is 14.4. The molecule has 0 heterocycles. The van der Waals surface area contributed by atoms with E-state index in [9.17, 15) is 13.2 Å². The molecule has 0 aliphatic heterocycles. The molecule has 1 fully saturated rings. The highest BCUT2D eigenvalue weighted by atomic mass is 32.2. The van der Waals surface area contributed by atoms with Gasteiger partial charge in [-0.1, -0.05) is 18.2 Å². The lowest BCUT2D eigenvalue weighted by Gasteiger charge is -2.29. The van der Waals surface area contributed by atoms with Crippen LogP contribution in [0.2, 0.25) is 0 Å².